The van der Waals surface area contributed by atoms with Crippen LogP contribution in [0.2, 0.25) is 0 Å². The third-order valence-corrected chi connectivity index (χ3v) is 3.83. The summed E-state index contributed by atoms with van der Waals surface area (Å²) in [4.78, 5) is 4.64. The number of alkyl halides is 1. The summed E-state index contributed by atoms with van der Waals surface area (Å²) in [6, 6.07) is 8.31. The van der Waals surface area contributed by atoms with E-state index in [4.69, 9.17) is 11.6 Å². The molecule has 86 valence electrons. The zero-order valence-electron chi connectivity index (χ0n) is 9.61. The quantitative estimate of drug-likeness (QED) is 0.732. The average molecular weight is 254 g/mol. The second kappa shape index (κ2) is 5.15. The van der Waals surface area contributed by atoms with Gasteiger partial charge in [0.25, 0.3) is 0 Å². The molecule has 0 aliphatic rings. The molecule has 0 aliphatic carbocycles. The molecule has 1 nitrogen and oxygen atoms in total. The van der Waals surface area contributed by atoms with Crippen LogP contribution in [0.3, 0.4) is 0 Å². The Hall–Kier alpha value is -0.600. The van der Waals surface area contributed by atoms with E-state index in [2.05, 4.69) is 37.0 Å². The topological polar surface area (TPSA) is 12.9 Å². The number of aromatic nitrogens is 1. The molecule has 0 fully saturated rings. The van der Waals surface area contributed by atoms with Crippen LogP contribution in [-0.2, 0) is 6.42 Å². The number of thiazole rings is 1. The Morgan fingerprint density at radius 2 is 2.06 bits per heavy atom. The first-order valence-electron chi connectivity index (χ1n) is 5.63. The third kappa shape index (κ3) is 2.96. The summed E-state index contributed by atoms with van der Waals surface area (Å²) in [7, 11) is 0. The molecule has 0 spiro atoms. The molecule has 2 atom stereocenters. The van der Waals surface area contributed by atoms with E-state index in [0.29, 0.717) is 5.92 Å². The van der Waals surface area contributed by atoms with Gasteiger partial charge in [0.05, 0.1) is 15.2 Å². The molecule has 0 N–H and O–H groups in total. The van der Waals surface area contributed by atoms with E-state index in [1.807, 2.05) is 6.07 Å². The van der Waals surface area contributed by atoms with Gasteiger partial charge in [0, 0.05) is 11.8 Å². The lowest BCUT2D eigenvalue weighted by Crippen LogP contribution is -2.05. The first-order chi connectivity index (χ1) is 7.65. The highest BCUT2D eigenvalue weighted by atomic mass is 35.5. The molecule has 0 radical (unpaired) electrons. The normalized spacial score (nSPS) is 15.2. The molecule has 16 heavy (non-hydrogen) atoms. The minimum Gasteiger partial charge on any atom is -0.241 e. The molecule has 1 aromatic heterocycles. The smallest absolute Gasteiger partial charge is 0.0941 e. The molecule has 1 aromatic carbocycles. The molecule has 0 aliphatic heterocycles. The number of hydrogen-bond donors (Lipinski definition) is 0. The third-order valence-electron chi connectivity index (χ3n) is 2.59. The van der Waals surface area contributed by atoms with Gasteiger partial charge >= 0.3 is 0 Å². The molecule has 0 amide bonds. The van der Waals surface area contributed by atoms with E-state index < -0.39 is 0 Å². The summed E-state index contributed by atoms with van der Waals surface area (Å²) < 4.78 is 1.28. The van der Waals surface area contributed by atoms with Crippen molar-refractivity contribution in [1.82, 2.24) is 4.98 Å². The fraction of sp³-hybridized carbons (Fsp3) is 0.462. The fourth-order valence-corrected chi connectivity index (χ4v) is 3.38. The first kappa shape index (κ1) is 11.9. The largest absolute Gasteiger partial charge is 0.241 e. The number of fused-ring (bicyclic) bond motifs is 1. The van der Waals surface area contributed by atoms with Crippen molar-refractivity contribution in [2.24, 2.45) is 5.92 Å². The standard InChI is InChI=1S/C13H16ClNS/c1-9(7-10(2)14)8-13-15-11-5-3-4-6-12(11)16-13/h3-6,9-10H,7-8H2,1-2H3. The Labute approximate surface area is 105 Å². The van der Waals surface area contributed by atoms with Gasteiger partial charge in [-0.05, 0) is 31.4 Å². The fourth-order valence-electron chi connectivity index (χ4n) is 1.94. The minimum absolute atomic E-state index is 0.254. The molecule has 2 aromatic rings. The monoisotopic (exact) mass is 253 g/mol. The highest BCUT2D eigenvalue weighted by Gasteiger charge is 2.10. The first-order valence-corrected chi connectivity index (χ1v) is 6.89. The van der Waals surface area contributed by atoms with Gasteiger partial charge in [-0.1, -0.05) is 19.1 Å². The van der Waals surface area contributed by atoms with Crippen LogP contribution in [0.25, 0.3) is 10.2 Å². The van der Waals surface area contributed by atoms with Crippen molar-refractivity contribution in [3.63, 3.8) is 0 Å². The van der Waals surface area contributed by atoms with Crippen LogP contribution in [0.1, 0.15) is 25.3 Å². The number of halogens is 1. The average Bonchev–Trinajstić information content (AvgIpc) is 2.57. The molecule has 2 rings (SSSR count). The molecule has 2 unspecified atom stereocenters. The van der Waals surface area contributed by atoms with Crippen LogP contribution >= 0.6 is 22.9 Å². The van der Waals surface area contributed by atoms with Crippen molar-refractivity contribution in [1.29, 1.82) is 0 Å². The lowest BCUT2D eigenvalue weighted by atomic mass is 10.0. The van der Waals surface area contributed by atoms with Gasteiger partial charge in [0.1, 0.15) is 0 Å². The number of hydrogen-bond acceptors (Lipinski definition) is 2. The van der Waals surface area contributed by atoms with Crippen LogP contribution in [0.4, 0.5) is 0 Å². The Kier molecular flexibility index (Phi) is 3.82. The van der Waals surface area contributed by atoms with E-state index in [1.165, 1.54) is 9.71 Å². The predicted molar refractivity (Wildman–Crippen MR) is 72.4 cm³/mol. The molecular formula is C13H16ClNS. The molecule has 3 heteroatoms. The van der Waals surface area contributed by atoms with Crippen LogP contribution in [0, 0.1) is 5.92 Å². The zero-order chi connectivity index (χ0) is 11.5. The van der Waals surface area contributed by atoms with Crippen molar-refractivity contribution in [2.75, 3.05) is 0 Å². The zero-order valence-corrected chi connectivity index (χ0v) is 11.2. The maximum absolute atomic E-state index is 6.00. The van der Waals surface area contributed by atoms with Crippen LogP contribution in [0.5, 0.6) is 0 Å². The van der Waals surface area contributed by atoms with E-state index in [9.17, 15) is 0 Å². The van der Waals surface area contributed by atoms with Gasteiger partial charge in [0.15, 0.2) is 0 Å². The summed E-state index contributed by atoms with van der Waals surface area (Å²) >= 11 is 7.80. The number of nitrogens with zero attached hydrogens (tertiary/aromatic N) is 1. The minimum atomic E-state index is 0.254. The highest BCUT2D eigenvalue weighted by Crippen LogP contribution is 2.25. The predicted octanol–water partition coefficient (Wildman–Crippen LogP) is 4.49. The van der Waals surface area contributed by atoms with Crippen LogP contribution < -0.4 is 0 Å². The van der Waals surface area contributed by atoms with E-state index in [0.717, 1.165) is 18.4 Å². The maximum atomic E-state index is 6.00. The second-order valence-electron chi connectivity index (χ2n) is 4.40. The van der Waals surface area contributed by atoms with Crippen molar-refractivity contribution >= 4 is 33.2 Å². The van der Waals surface area contributed by atoms with Gasteiger partial charge < -0.3 is 0 Å². The van der Waals surface area contributed by atoms with Crippen molar-refractivity contribution < 1.29 is 0 Å². The second-order valence-corrected chi connectivity index (χ2v) is 6.26. The summed E-state index contributed by atoms with van der Waals surface area (Å²) in [5, 5.41) is 1.48. The summed E-state index contributed by atoms with van der Waals surface area (Å²) in [5.41, 5.74) is 1.12. The molecule has 0 bridgehead atoms. The van der Waals surface area contributed by atoms with Gasteiger partial charge in [0.2, 0.25) is 0 Å². The Morgan fingerprint density at radius 3 is 2.75 bits per heavy atom. The number of rotatable bonds is 4. The van der Waals surface area contributed by atoms with Crippen molar-refractivity contribution in [2.45, 2.75) is 32.1 Å². The number of para-hydroxylation sites is 1. The van der Waals surface area contributed by atoms with Gasteiger partial charge in [-0.3, -0.25) is 0 Å². The molecule has 1 heterocycles. The summed E-state index contributed by atoms with van der Waals surface area (Å²) in [6.07, 6.45) is 2.09. The molecule has 0 saturated carbocycles. The van der Waals surface area contributed by atoms with Crippen molar-refractivity contribution in [3.8, 4) is 0 Å². The Balaban J connectivity index is 2.09. The lowest BCUT2D eigenvalue weighted by molar-refractivity contribution is 0.526. The summed E-state index contributed by atoms with van der Waals surface area (Å²) in [6.45, 7) is 4.29. The van der Waals surface area contributed by atoms with Crippen LogP contribution in [0.15, 0.2) is 24.3 Å². The van der Waals surface area contributed by atoms with Gasteiger partial charge in [-0.15, -0.1) is 22.9 Å². The van der Waals surface area contributed by atoms with E-state index in [-0.39, 0.29) is 5.38 Å². The number of benzene rings is 1. The molecular weight excluding hydrogens is 238 g/mol. The molecule has 0 saturated heterocycles. The SMILES string of the molecule is CC(Cl)CC(C)Cc1nc2ccccc2s1. The summed E-state index contributed by atoms with van der Waals surface area (Å²) in [5.74, 6) is 0.605. The van der Waals surface area contributed by atoms with Gasteiger partial charge in [-0.2, -0.15) is 0 Å². The van der Waals surface area contributed by atoms with Crippen LogP contribution in [-0.4, -0.2) is 10.4 Å². The highest BCUT2D eigenvalue weighted by molar-refractivity contribution is 7.18. The van der Waals surface area contributed by atoms with Gasteiger partial charge in [-0.25, -0.2) is 4.98 Å². The van der Waals surface area contributed by atoms with Crippen molar-refractivity contribution in [3.05, 3.63) is 29.3 Å². The van der Waals surface area contributed by atoms with E-state index in [1.54, 1.807) is 11.3 Å². The Morgan fingerprint density at radius 1 is 1.31 bits per heavy atom. The lowest BCUT2D eigenvalue weighted by Gasteiger charge is -2.10. The maximum Gasteiger partial charge on any atom is 0.0941 e. The Bertz CT molecular complexity index is 431. The van der Waals surface area contributed by atoms with E-state index >= 15 is 0 Å².